The van der Waals surface area contributed by atoms with Crippen molar-refractivity contribution in [1.29, 1.82) is 0 Å². The molecule has 8 atom stereocenters. The zero-order chi connectivity index (χ0) is 48.5. The number of hydrogen-bond donors (Lipinski definition) is 4. The Morgan fingerprint density at radius 2 is 1.57 bits per heavy atom. The number of rotatable bonds is 14. The Morgan fingerprint density at radius 1 is 0.855 bits per heavy atom. The quantitative estimate of drug-likeness (QED) is 0.0832. The van der Waals surface area contributed by atoms with Gasteiger partial charge in [0.1, 0.15) is 36.1 Å². The minimum Gasteiger partial charge on any atom is -0.488 e. The van der Waals surface area contributed by atoms with Gasteiger partial charge in [0.2, 0.25) is 11.8 Å². The van der Waals surface area contributed by atoms with Crippen LogP contribution in [-0.4, -0.2) is 118 Å². The van der Waals surface area contributed by atoms with E-state index in [4.69, 9.17) is 33.7 Å². The number of alkyl carbamates (subject to hydrolysis) is 2. The summed E-state index contributed by atoms with van der Waals surface area (Å²) in [4.78, 5) is 74.6. The first-order valence-electron chi connectivity index (χ1n) is 24.7. The first-order chi connectivity index (χ1) is 33.4. The van der Waals surface area contributed by atoms with Gasteiger partial charge in [-0.15, -0.1) is 0 Å². The van der Waals surface area contributed by atoms with Gasteiger partial charge in [-0.25, -0.2) is 19.6 Å². The second-order valence-corrected chi connectivity index (χ2v) is 19.3. The maximum atomic E-state index is 14.4. The molecule has 5 aromatic rings. The summed E-state index contributed by atoms with van der Waals surface area (Å²) in [5.41, 5.74) is 6.56. The van der Waals surface area contributed by atoms with E-state index in [0.29, 0.717) is 63.6 Å². The fourth-order valence-corrected chi connectivity index (χ4v) is 11.5. The van der Waals surface area contributed by atoms with E-state index < -0.39 is 24.3 Å². The van der Waals surface area contributed by atoms with E-state index in [1.165, 1.54) is 14.2 Å². The molecule has 4 amide bonds. The Morgan fingerprint density at radius 3 is 2.28 bits per heavy atom. The minimum atomic E-state index is -0.774. The van der Waals surface area contributed by atoms with E-state index in [0.717, 1.165) is 81.2 Å². The Kier molecular flexibility index (Phi) is 14.2. The van der Waals surface area contributed by atoms with Crippen molar-refractivity contribution in [3.63, 3.8) is 0 Å². The Balaban J connectivity index is 0.937. The molecule has 0 radical (unpaired) electrons. The highest BCUT2D eigenvalue weighted by molar-refractivity contribution is 6.07. The summed E-state index contributed by atoms with van der Waals surface area (Å²) in [6.07, 6.45) is 6.17. The van der Waals surface area contributed by atoms with Gasteiger partial charge in [-0.05, 0) is 131 Å². The standard InChI is InChI=1S/C52H66N8O9/c1-8-31(20-28(3)67-9-2)44(57-51(63)65-6)49(61)60-19-11-13-42(60)48-54-39-17-15-32-24-38-36-16-14-33(23-35(36)27-68-43(38)25-37(32)46(39)56-48)40-26-53-47(55-40)41-12-10-18-59(41)50(62)45(58-52(64)66-7)34-21-29(4)69-30(5)22-34/h14-17,23-26,28-31,34,41-42,44-45H,8-13,18-22,27H2,1-7H3,(H,53,55)(H,54,56)(H,57,63)(H,58,64)/t28-,29-,30-,31?,41+,42+,44+,45+/m1/s1. The molecule has 0 bridgehead atoms. The molecule has 17 heteroatoms. The number of H-pyrrole nitrogens is 2. The largest absolute Gasteiger partial charge is 0.488 e. The lowest BCUT2D eigenvalue weighted by molar-refractivity contribution is -0.138. The molecule has 17 nitrogen and oxygen atoms in total. The third-order valence-corrected chi connectivity index (χ3v) is 14.7. The molecule has 1 unspecified atom stereocenters. The SMILES string of the molecule is CCO[C@H](C)CC(CC)[C@H](NC(=O)OC)C(=O)N1CCC[C@H]1c1nc2c(ccc3cc4c(cc32)OCc2cc(-c3cnc([C@@H]5CCCN5C(=O)[C@@H](NC(=O)OC)C5C[C@@H](C)O[C@H](C)C5)[nH]3)ccc2-4)[nH]1. The maximum absolute atomic E-state index is 14.4. The molecule has 3 aromatic carbocycles. The van der Waals surface area contributed by atoms with Crippen molar-refractivity contribution < 1.29 is 42.9 Å². The minimum absolute atomic E-state index is 0.0266. The first-order valence-corrected chi connectivity index (χ1v) is 24.7. The van der Waals surface area contributed by atoms with Gasteiger partial charge in [0, 0.05) is 30.6 Å². The Bertz CT molecular complexity index is 2690. The highest BCUT2D eigenvalue weighted by atomic mass is 16.5. The zero-order valence-electron chi connectivity index (χ0n) is 40.8. The van der Waals surface area contributed by atoms with Gasteiger partial charge in [-0.2, -0.15) is 0 Å². The van der Waals surface area contributed by atoms with Crippen LogP contribution >= 0.6 is 0 Å². The molecule has 0 saturated carbocycles. The zero-order valence-corrected chi connectivity index (χ0v) is 40.8. The van der Waals surface area contributed by atoms with Crippen LogP contribution in [0.3, 0.4) is 0 Å². The van der Waals surface area contributed by atoms with Gasteiger partial charge < -0.3 is 54.1 Å². The molecule has 368 valence electrons. The van der Waals surface area contributed by atoms with Gasteiger partial charge in [-0.3, -0.25) is 9.59 Å². The van der Waals surface area contributed by atoms with E-state index in [9.17, 15) is 19.2 Å². The van der Waals surface area contributed by atoms with Crippen LogP contribution in [0.1, 0.15) is 115 Å². The lowest BCUT2D eigenvalue weighted by Gasteiger charge is -2.38. The summed E-state index contributed by atoms with van der Waals surface area (Å²) in [7, 11) is 2.62. The summed E-state index contributed by atoms with van der Waals surface area (Å²) >= 11 is 0. The second-order valence-electron chi connectivity index (χ2n) is 19.3. The number of imidazole rings is 2. The van der Waals surface area contributed by atoms with Crippen molar-refractivity contribution in [1.82, 2.24) is 40.4 Å². The van der Waals surface area contributed by atoms with Crippen molar-refractivity contribution in [3.05, 3.63) is 65.9 Å². The first kappa shape index (κ1) is 47.8. The van der Waals surface area contributed by atoms with E-state index in [1.54, 1.807) is 0 Å². The predicted octanol–water partition coefficient (Wildman–Crippen LogP) is 8.49. The van der Waals surface area contributed by atoms with Crippen LogP contribution in [0.15, 0.2) is 48.7 Å². The van der Waals surface area contributed by atoms with Gasteiger partial charge in [0.15, 0.2) is 0 Å². The molecule has 0 spiro atoms. The molecule has 2 aromatic heterocycles. The van der Waals surface area contributed by atoms with Crippen LogP contribution in [0.4, 0.5) is 9.59 Å². The number of ether oxygens (including phenoxy) is 5. The number of carbonyl (C=O) groups excluding carboxylic acids is 4. The summed E-state index contributed by atoms with van der Waals surface area (Å²) in [5.74, 6) is 1.66. The molecule has 4 aliphatic rings. The highest BCUT2D eigenvalue weighted by Gasteiger charge is 2.43. The topological polar surface area (TPSA) is 202 Å². The molecule has 4 aliphatic heterocycles. The van der Waals surface area contributed by atoms with Crippen molar-refractivity contribution in [3.8, 4) is 28.1 Å². The summed E-state index contributed by atoms with van der Waals surface area (Å²) in [6, 6.07) is 12.6. The normalized spacial score (nSPS) is 22.9. The smallest absolute Gasteiger partial charge is 0.407 e. The van der Waals surface area contributed by atoms with Crippen LogP contribution in [0.5, 0.6) is 5.75 Å². The molecule has 3 fully saturated rings. The van der Waals surface area contributed by atoms with Crippen molar-refractivity contribution in [2.45, 2.75) is 135 Å². The fourth-order valence-electron chi connectivity index (χ4n) is 11.5. The number of aromatic nitrogens is 4. The molecule has 3 saturated heterocycles. The van der Waals surface area contributed by atoms with Crippen molar-refractivity contribution in [2.75, 3.05) is 33.9 Å². The number of benzene rings is 3. The fraction of sp³-hybridized carbons (Fsp3) is 0.538. The number of likely N-dealkylation sites (tertiary alicyclic amines) is 2. The third kappa shape index (κ3) is 9.72. The highest BCUT2D eigenvalue weighted by Crippen LogP contribution is 2.44. The molecule has 0 aliphatic carbocycles. The molecule has 6 heterocycles. The van der Waals surface area contributed by atoms with Crippen LogP contribution in [0.25, 0.3) is 44.2 Å². The number of aromatic amines is 2. The average Bonchev–Trinajstić information content (AvgIpc) is 4.20. The number of nitrogens with zero attached hydrogens (tertiary/aromatic N) is 4. The van der Waals surface area contributed by atoms with Crippen LogP contribution in [-0.2, 0) is 35.1 Å². The van der Waals surface area contributed by atoms with E-state index in [2.05, 4.69) is 57.0 Å². The van der Waals surface area contributed by atoms with Gasteiger partial charge >= 0.3 is 12.2 Å². The average molecular weight is 947 g/mol. The Labute approximate surface area is 402 Å². The number of fused-ring (bicyclic) bond motifs is 6. The monoisotopic (exact) mass is 946 g/mol. The molecule has 69 heavy (non-hydrogen) atoms. The molecule has 4 N–H and O–H groups in total. The van der Waals surface area contributed by atoms with E-state index in [1.807, 2.05) is 56.7 Å². The second kappa shape index (κ2) is 20.4. The molecule has 9 rings (SSSR count). The summed E-state index contributed by atoms with van der Waals surface area (Å²) in [6.45, 7) is 12.0. The number of hydrogen-bond acceptors (Lipinski definition) is 11. The third-order valence-electron chi connectivity index (χ3n) is 14.7. The van der Waals surface area contributed by atoms with E-state index in [-0.39, 0.29) is 54.0 Å². The van der Waals surface area contributed by atoms with Crippen LogP contribution in [0.2, 0.25) is 0 Å². The van der Waals surface area contributed by atoms with Gasteiger partial charge in [0.25, 0.3) is 0 Å². The molecular weight excluding hydrogens is 881 g/mol. The number of methoxy groups -OCH3 is 2. The van der Waals surface area contributed by atoms with Crippen LogP contribution < -0.4 is 15.4 Å². The van der Waals surface area contributed by atoms with Crippen molar-refractivity contribution >= 4 is 45.8 Å². The lowest BCUT2D eigenvalue weighted by atomic mass is 9.85. The van der Waals surface area contributed by atoms with E-state index >= 15 is 0 Å². The van der Waals surface area contributed by atoms with Crippen molar-refractivity contribution in [2.24, 2.45) is 11.8 Å². The number of nitrogens with one attached hydrogen (secondary N) is 4. The number of carbonyl (C=O) groups is 4. The Hall–Kier alpha value is -6.20. The number of amides is 4. The molecular formula is C52H66N8O9. The van der Waals surface area contributed by atoms with Crippen LogP contribution in [0, 0.1) is 11.8 Å². The summed E-state index contributed by atoms with van der Waals surface area (Å²) < 4.78 is 28.2. The lowest BCUT2D eigenvalue weighted by Crippen LogP contribution is -2.54. The predicted molar refractivity (Wildman–Crippen MR) is 259 cm³/mol. The van der Waals surface area contributed by atoms with Gasteiger partial charge in [-0.1, -0.05) is 31.5 Å². The summed E-state index contributed by atoms with van der Waals surface area (Å²) in [5, 5.41) is 7.68. The van der Waals surface area contributed by atoms with Gasteiger partial charge in [0.05, 0.1) is 67.5 Å². The maximum Gasteiger partial charge on any atom is 0.407 e.